The number of fused-ring (bicyclic) bond motifs is 1. The van der Waals surface area contributed by atoms with E-state index >= 15 is 0 Å². The lowest BCUT2D eigenvalue weighted by Crippen LogP contribution is -2.15. The number of nitriles is 1. The largest absolute Gasteiger partial charge is 0.417 e. The summed E-state index contributed by atoms with van der Waals surface area (Å²) in [5, 5.41) is 9.01. The minimum Gasteiger partial charge on any atom is -0.264 e. The summed E-state index contributed by atoms with van der Waals surface area (Å²) in [5.41, 5.74) is 2.17. The van der Waals surface area contributed by atoms with Gasteiger partial charge < -0.3 is 0 Å². The van der Waals surface area contributed by atoms with Crippen LogP contribution in [0.4, 0.5) is 18.9 Å². The summed E-state index contributed by atoms with van der Waals surface area (Å²) in [5.74, 6) is -0.215. The molecule has 29 heavy (non-hydrogen) atoms. The van der Waals surface area contributed by atoms with E-state index in [1.807, 2.05) is 12.1 Å². The Kier molecular flexibility index (Phi) is 4.80. The van der Waals surface area contributed by atoms with E-state index in [1.54, 1.807) is 30.6 Å². The first-order valence-corrected chi connectivity index (χ1v) is 8.87. The van der Waals surface area contributed by atoms with Gasteiger partial charge in [-0.2, -0.15) is 18.4 Å². The highest BCUT2D eigenvalue weighted by Crippen LogP contribution is 2.37. The van der Waals surface area contributed by atoms with Gasteiger partial charge in [-0.3, -0.25) is 15.0 Å². The van der Waals surface area contributed by atoms with E-state index < -0.39 is 11.7 Å². The maximum atomic E-state index is 13.2. The molecule has 0 saturated carbocycles. The van der Waals surface area contributed by atoms with Gasteiger partial charge in [-0.05, 0) is 42.7 Å². The Morgan fingerprint density at radius 2 is 1.93 bits per heavy atom. The van der Waals surface area contributed by atoms with E-state index in [4.69, 9.17) is 5.26 Å². The number of hydrogen-bond acceptors (Lipinski definition) is 5. The number of halogens is 3. The van der Waals surface area contributed by atoms with Gasteiger partial charge in [-0.1, -0.05) is 6.07 Å². The molecule has 1 atom stereocenters. The lowest BCUT2D eigenvalue weighted by Gasteiger charge is -2.17. The van der Waals surface area contributed by atoms with Crippen LogP contribution < -0.4 is 0 Å². The Labute approximate surface area is 164 Å². The Morgan fingerprint density at radius 1 is 1.07 bits per heavy atom. The molecule has 4 rings (SSSR count). The number of nitrogens with zero attached hydrogens (tertiary/aromatic N) is 5. The van der Waals surface area contributed by atoms with E-state index in [2.05, 4.69) is 19.9 Å². The number of pyridine rings is 3. The van der Waals surface area contributed by atoms with E-state index in [0.717, 1.165) is 17.8 Å². The topological polar surface area (TPSA) is 74.8 Å². The van der Waals surface area contributed by atoms with Gasteiger partial charge in [0.15, 0.2) is 0 Å². The third kappa shape index (κ3) is 3.85. The number of aromatic nitrogens is 3. The average molecular weight is 393 g/mol. The van der Waals surface area contributed by atoms with Crippen LogP contribution in [0.15, 0.2) is 60.1 Å². The van der Waals surface area contributed by atoms with Crippen molar-refractivity contribution in [2.45, 2.75) is 24.9 Å². The molecule has 0 saturated heterocycles. The second-order valence-electron chi connectivity index (χ2n) is 6.61. The molecule has 0 N–H and O–H groups in total. The fourth-order valence-electron chi connectivity index (χ4n) is 3.31. The van der Waals surface area contributed by atoms with Gasteiger partial charge in [0.05, 0.1) is 33.9 Å². The number of aryl methyl sites for hydroxylation is 1. The molecule has 5 nitrogen and oxygen atoms in total. The molecule has 8 heteroatoms. The molecule has 4 heterocycles. The molecule has 3 aromatic heterocycles. The lowest BCUT2D eigenvalue weighted by molar-refractivity contribution is -0.137. The van der Waals surface area contributed by atoms with Crippen molar-refractivity contribution < 1.29 is 13.2 Å². The van der Waals surface area contributed by atoms with Gasteiger partial charge in [0.1, 0.15) is 6.07 Å². The van der Waals surface area contributed by atoms with Crippen molar-refractivity contribution in [2.24, 2.45) is 4.99 Å². The van der Waals surface area contributed by atoms with E-state index in [0.29, 0.717) is 35.5 Å². The molecule has 144 valence electrons. The molecule has 0 aromatic carbocycles. The quantitative estimate of drug-likeness (QED) is 0.637. The summed E-state index contributed by atoms with van der Waals surface area (Å²) in [6, 6.07) is 10.0. The van der Waals surface area contributed by atoms with Crippen molar-refractivity contribution in [3.8, 4) is 6.07 Å². The Bertz CT molecular complexity index is 1100. The summed E-state index contributed by atoms with van der Waals surface area (Å²) in [4.78, 5) is 17.1. The van der Waals surface area contributed by atoms with Crippen LogP contribution in [-0.4, -0.2) is 20.7 Å². The van der Waals surface area contributed by atoms with Gasteiger partial charge in [0.25, 0.3) is 0 Å². The van der Waals surface area contributed by atoms with Gasteiger partial charge in [0.2, 0.25) is 0 Å². The van der Waals surface area contributed by atoms with Crippen LogP contribution in [0.3, 0.4) is 0 Å². The van der Waals surface area contributed by atoms with Crippen molar-refractivity contribution in [1.29, 1.82) is 5.26 Å². The molecule has 1 aliphatic heterocycles. The van der Waals surface area contributed by atoms with Crippen LogP contribution in [0.2, 0.25) is 0 Å². The van der Waals surface area contributed by atoms with Gasteiger partial charge in [-0.15, -0.1) is 0 Å². The van der Waals surface area contributed by atoms with Crippen LogP contribution in [0.25, 0.3) is 0 Å². The van der Waals surface area contributed by atoms with Gasteiger partial charge in [0, 0.05) is 30.7 Å². The van der Waals surface area contributed by atoms with E-state index in [-0.39, 0.29) is 11.6 Å². The zero-order valence-corrected chi connectivity index (χ0v) is 15.1. The fraction of sp³-hybridized carbons (Fsp3) is 0.190. The third-order valence-electron chi connectivity index (χ3n) is 4.76. The predicted octanol–water partition coefficient (Wildman–Crippen LogP) is 4.61. The van der Waals surface area contributed by atoms with Crippen molar-refractivity contribution in [1.82, 2.24) is 15.0 Å². The SMILES string of the molecule is N#Cc1ccc(C2=Nc3cc(C(F)(F)F)cnc3CCC2c2cccnc2)nc1. The smallest absolute Gasteiger partial charge is 0.264 e. The van der Waals surface area contributed by atoms with Crippen LogP contribution in [0.5, 0.6) is 0 Å². The minimum atomic E-state index is -4.50. The normalized spacial score (nSPS) is 16.3. The minimum absolute atomic E-state index is 0.187. The maximum Gasteiger partial charge on any atom is 0.417 e. The standard InChI is InChI=1S/C21H14F3N5/c22-21(23,24)15-8-19-17(28-12-15)6-4-16(14-2-1-7-26-11-14)20(29-19)18-5-3-13(9-25)10-27-18/h1-3,5,7-8,10-12,16H,4,6H2. The monoisotopic (exact) mass is 393 g/mol. The Morgan fingerprint density at radius 3 is 2.59 bits per heavy atom. The zero-order chi connectivity index (χ0) is 20.4. The maximum absolute atomic E-state index is 13.2. The molecule has 0 bridgehead atoms. The highest BCUT2D eigenvalue weighted by Gasteiger charge is 2.33. The summed E-state index contributed by atoms with van der Waals surface area (Å²) in [7, 11) is 0. The fourth-order valence-corrected chi connectivity index (χ4v) is 3.31. The molecular weight excluding hydrogens is 379 g/mol. The molecule has 0 fully saturated rings. The van der Waals surface area contributed by atoms with Crippen molar-refractivity contribution in [3.63, 3.8) is 0 Å². The van der Waals surface area contributed by atoms with Crippen LogP contribution in [0.1, 0.15) is 40.4 Å². The van der Waals surface area contributed by atoms with Crippen LogP contribution in [0, 0.1) is 11.3 Å². The number of alkyl halides is 3. The molecule has 1 aliphatic rings. The lowest BCUT2D eigenvalue weighted by atomic mass is 9.89. The van der Waals surface area contributed by atoms with Crippen LogP contribution >= 0.6 is 0 Å². The van der Waals surface area contributed by atoms with E-state index in [9.17, 15) is 13.2 Å². The first-order valence-electron chi connectivity index (χ1n) is 8.87. The number of rotatable bonds is 2. The third-order valence-corrected chi connectivity index (χ3v) is 4.76. The highest BCUT2D eigenvalue weighted by molar-refractivity contribution is 6.05. The summed E-state index contributed by atoms with van der Waals surface area (Å²) >= 11 is 0. The highest BCUT2D eigenvalue weighted by atomic mass is 19.4. The van der Waals surface area contributed by atoms with Crippen molar-refractivity contribution >= 4 is 11.4 Å². The molecular formula is C21H14F3N5. The number of aliphatic imine (C=N–C) groups is 1. The molecule has 0 radical (unpaired) electrons. The number of hydrogen-bond donors (Lipinski definition) is 0. The van der Waals surface area contributed by atoms with Crippen molar-refractivity contribution in [2.75, 3.05) is 0 Å². The molecule has 0 amide bonds. The Hall–Kier alpha value is -3.60. The first kappa shape index (κ1) is 18.7. The molecule has 0 spiro atoms. The van der Waals surface area contributed by atoms with Crippen molar-refractivity contribution in [3.05, 3.63) is 83.2 Å². The average Bonchev–Trinajstić information content (AvgIpc) is 2.93. The summed E-state index contributed by atoms with van der Waals surface area (Å²) in [6.45, 7) is 0. The molecule has 1 unspecified atom stereocenters. The second-order valence-corrected chi connectivity index (χ2v) is 6.61. The van der Waals surface area contributed by atoms with Gasteiger partial charge >= 0.3 is 6.18 Å². The predicted molar refractivity (Wildman–Crippen MR) is 99.7 cm³/mol. The first-order chi connectivity index (χ1) is 14.0. The molecule has 3 aromatic rings. The van der Waals surface area contributed by atoms with Crippen LogP contribution in [-0.2, 0) is 12.6 Å². The molecule has 0 aliphatic carbocycles. The van der Waals surface area contributed by atoms with Gasteiger partial charge in [-0.25, -0.2) is 4.99 Å². The van der Waals surface area contributed by atoms with E-state index in [1.165, 1.54) is 6.20 Å². The second kappa shape index (κ2) is 7.43. The summed E-state index contributed by atoms with van der Waals surface area (Å²) < 4.78 is 39.5. The Balaban J connectivity index is 1.87. The zero-order valence-electron chi connectivity index (χ0n) is 15.1. The summed E-state index contributed by atoms with van der Waals surface area (Å²) in [6.07, 6.45) is 2.21.